The van der Waals surface area contributed by atoms with E-state index in [-0.39, 0.29) is 5.69 Å². The Hall–Kier alpha value is -1.69. The second-order valence-electron chi connectivity index (χ2n) is 4.85. The average molecular weight is 264 g/mol. The molecular weight excluding hydrogens is 244 g/mol. The van der Waals surface area contributed by atoms with Gasteiger partial charge in [0, 0.05) is 32.2 Å². The maximum atomic E-state index is 10.7. The first-order chi connectivity index (χ1) is 9.11. The number of rotatable bonds is 4. The molecule has 0 spiro atoms. The van der Waals surface area contributed by atoms with Crippen molar-refractivity contribution in [3.05, 3.63) is 18.1 Å². The van der Waals surface area contributed by atoms with Crippen LogP contribution >= 0.6 is 0 Å². The molecule has 6 heteroatoms. The number of carboxylic acid groups (broad SMARTS) is 1. The molecule has 1 unspecified atom stereocenters. The van der Waals surface area contributed by atoms with Crippen molar-refractivity contribution in [1.82, 2.24) is 14.9 Å². The van der Waals surface area contributed by atoms with Gasteiger partial charge < -0.3 is 10.0 Å². The molecule has 0 bridgehead atoms. The second-order valence-corrected chi connectivity index (χ2v) is 4.85. The highest BCUT2D eigenvalue weighted by Gasteiger charge is 2.21. The van der Waals surface area contributed by atoms with Gasteiger partial charge in [0.2, 0.25) is 0 Å². The molecular formula is C13H20N4O2. The summed E-state index contributed by atoms with van der Waals surface area (Å²) in [5.41, 5.74) is -0.0120. The van der Waals surface area contributed by atoms with E-state index >= 15 is 0 Å². The van der Waals surface area contributed by atoms with Gasteiger partial charge in [-0.3, -0.25) is 4.90 Å². The van der Waals surface area contributed by atoms with Crippen LogP contribution in [0.4, 0.5) is 5.82 Å². The fourth-order valence-electron chi connectivity index (χ4n) is 2.24. The third-order valence-electron chi connectivity index (χ3n) is 3.71. The van der Waals surface area contributed by atoms with Gasteiger partial charge in [-0.2, -0.15) is 0 Å². The highest BCUT2D eigenvalue weighted by Crippen LogP contribution is 2.14. The number of hydrogen-bond donors (Lipinski definition) is 1. The lowest BCUT2D eigenvalue weighted by Gasteiger charge is -2.38. The Labute approximate surface area is 113 Å². The summed E-state index contributed by atoms with van der Waals surface area (Å²) >= 11 is 0. The van der Waals surface area contributed by atoms with Gasteiger partial charge in [0.15, 0.2) is 5.69 Å². The smallest absolute Gasteiger partial charge is 0.356 e. The lowest BCUT2D eigenvalue weighted by atomic mass is 10.2. The number of aromatic nitrogens is 2. The van der Waals surface area contributed by atoms with Gasteiger partial charge in [0.1, 0.15) is 5.82 Å². The van der Waals surface area contributed by atoms with Crippen molar-refractivity contribution in [3.63, 3.8) is 0 Å². The molecule has 1 fully saturated rings. The van der Waals surface area contributed by atoms with E-state index in [0.29, 0.717) is 6.04 Å². The van der Waals surface area contributed by atoms with E-state index in [1.54, 1.807) is 6.20 Å². The first kappa shape index (κ1) is 13.7. The Morgan fingerprint density at radius 1 is 1.32 bits per heavy atom. The van der Waals surface area contributed by atoms with Crippen LogP contribution in [-0.2, 0) is 0 Å². The maximum absolute atomic E-state index is 10.7. The summed E-state index contributed by atoms with van der Waals surface area (Å²) in [4.78, 5) is 23.4. The molecule has 2 rings (SSSR count). The summed E-state index contributed by atoms with van der Waals surface area (Å²) in [6.45, 7) is 8.29. The quantitative estimate of drug-likeness (QED) is 0.878. The Kier molecular flexibility index (Phi) is 4.31. The zero-order chi connectivity index (χ0) is 13.8. The van der Waals surface area contributed by atoms with Crippen LogP contribution in [-0.4, -0.2) is 58.2 Å². The molecule has 0 saturated carbocycles. The maximum Gasteiger partial charge on any atom is 0.356 e. The fraction of sp³-hybridized carbons (Fsp3) is 0.615. The summed E-state index contributed by atoms with van der Waals surface area (Å²) < 4.78 is 0. The topological polar surface area (TPSA) is 69.6 Å². The monoisotopic (exact) mass is 264 g/mol. The van der Waals surface area contributed by atoms with Crippen molar-refractivity contribution >= 4 is 11.8 Å². The number of hydrogen-bond acceptors (Lipinski definition) is 5. The summed E-state index contributed by atoms with van der Waals surface area (Å²) in [5, 5.41) is 8.79. The zero-order valence-electron chi connectivity index (χ0n) is 11.4. The van der Waals surface area contributed by atoms with Crippen LogP contribution in [0.3, 0.4) is 0 Å². The van der Waals surface area contributed by atoms with Crippen molar-refractivity contribution in [3.8, 4) is 0 Å². The molecule has 1 atom stereocenters. The summed E-state index contributed by atoms with van der Waals surface area (Å²) in [5.74, 6) is -0.283. The lowest BCUT2D eigenvalue weighted by molar-refractivity contribution is 0.0690. The fourth-order valence-corrected chi connectivity index (χ4v) is 2.24. The standard InChI is InChI=1S/C13H20N4O2/c1-3-10(2)16-4-6-17(7-5-16)12-9-14-11(8-15-12)13(18)19/h8-10H,3-7H2,1-2H3,(H,18,19). The predicted molar refractivity (Wildman–Crippen MR) is 72.5 cm³/mol. The van der Waals surface area contributed by atoms with E-state index in [1.165, 1.54) is 6.20 Å². The molecule has 6 nitrogen and oxygen atoms in total. The minimum atomic E-state index is -1.04. The first-order valence-corrected chi connectivity index (χ1v) is 6.66. The Morgan fingerprint density at radius 3 is 2.47 bits per heavy atom. The molecule has 1 aliphatic heterocycles. The third kappa shape index (κ3) is 3.20. The molecule has 0 aromatic carbocycles. The summed E-state index contributed by atoms with van der Waals surface area (Å²) in [7, 11) is 0. The van der Waals surface area contributed by atoms with Crippen molar-refractivity contribution in [2.24, 2.45) is 0 Å². The largest absolute Gasteiger partial charge is 0.476 e. The van der Waals surface area contributed by atoms with Crippen molar-refractivity contribution in [1.29, 1.82) is 0 Å². The number of aromatic carboxylic acids is 1. The second kappa shape index (κ2) is 5.97. The zero-order valence-corrected chi connectivity index (χ0v) is 11.4. The molecule has 0 aliphatic carbocycles. The van der Waals surface area contributed by atoms with Gasteiger partial charge in [-0.25, -0.2) is 14.8 Å². The lowest BCUT2D eigenvalue weighted by Crippen LogP contribution is -2.49. The highest BCUT2D eigenvalue weighted by atomic mass is 16.4. The molecule has 1 aliphatic rings. The van der Waals surface area contributed by atoms with Gasteiger partial charge in [-0.05, 0) is 13.3 Å². The Balaban J connectivity index is 1.96. The van der Waals surface area contributed by atoms with E-state index in [0.717, 1.165) is 38.4 Å². The van der Waals surface area contributed by atoms with Crippen LogP contribution in [0.15, 0.2) is 12.4 Å². The van der Waals surface area contributed by atoms with Crippen molar-refractivity contribution < 1.29 is 9.90 Å². The predicted octanol–water partition coefficient (Wildman–Crippen LogP) is 1.10. The first-order valence-electron chi connectivity index (χ1n) is 6.66. The van der Waals surface area contributed by atoms with E-state index in [9.17, 15) is 4.79 Å². The summed E-state index contributed by atoms with van der Waals surface area (Å²) in [6.07, 6.45) is 4.02. The molecule has 1 aromatic heterocycles. The average Bonchev–Trinajstić information content (AvgIpc) is 2.46. The minimum Gasteiger partial charge on any atom is -0.476 e. The van der Waals surface area contributed by atoms with Gasteiger partial charge in [0.05, 0.1) is 12.4 Å². The van der Waals surface area contributed by atoms with Crippen molar-refractivity contribution in [2.75, 3.05) is 31.1 Å². The van der Waals surface area contributed by atoms with Crippen LogP contribution < -0.4 is 4.90 Å². The Bertz CT molecular complexity index is 427. The SMILES string of the molecule is CCC(C)N1CCN(c2cnc(C(=O)O)cn2)CC1. The van der Waals surface area contributed by atoms with Gasteiger partial charge >= 0.3 is 5.97 Å². The minimum absolute atomic E-state index is 0.0120. The molecule has 1 N–H and O–H groups in total. The van der Waals surface area contributed by atoms with E-state index in [2.05, 4.69) is 33.6 Å². The van der Waals surface area contributed by atoms with E-state index < -0.39 is 5.97 Å². The van der Waals surface area contributed by atoms with Crippen LogP contribution in [0, 0.1) is 0 Å². The molecule has 2 heterocycles. The summed E-state index contributed by atoms with van der Waals surface area (Å²) in [6, 6.07) is 0.614. The van der Waals surface area contributed by atoms with E-state index in [4.69, 9.17) is 5.11 Å². The van der Waals surface area contributed by atoms with Crippen molar-refractivity contribution in [2.45, 2.75) is 26.3 Å². The molecule has 1 saturated heterocycles. The third-order valence-corrected chi connectivity index (χ3v) is 3.71. The van der Waals surface area contributed by atoms with Gasteiger partial charge in [0.25, 0.3) is 0 Å². The van der Waals surface area contributed by atoms with E-state index in [1.807, 2.05) is 0 Å². The molecule has 1 aromatic rings. The number of piperazine rings is 1. The van der Waals surface area contributed by atoms with Crippen LogP contribution in [0.2, 0.25) is 0 Å². The van der Waals surface area contributed by atoms with Crippen LogP contribution in [0.1, 0.15) is 30.8 Å². The molecule has 19 heavy (non-hydrogen) atoms. The van der Waals surface area contributed by atoms with Gasteiger partial charge in [-0.15, -0.1) is 0 Å². The van der Waals surface area contributed by atoms with Crippen LogP contribution in [0.5, 0.6) is 0 Å². The Morgan fingerprint density at radius 2 is 2.00 bits per heavy atom. The number of nitrogens with zero attached hydrogens (tertiary/aromatic N) is 4. The highest BCUT2D eigenvalue weighted by molar-refractivity contribution is 5.84. The van der Waals surface area contributed by atoms with Crippen LogP contribution in [0.25, 0.3) is 0 Å². The number of anilines is 1. The normalized spacial score (nSPS) is 18.3. The number of carbonyl (C=O) groups is 1. The molecule has 0 radical (unpaired) electrons. The molecule has 104 valence electrons. The van der Waals surface area contributed by atoms with Gasteiger partial charge in [-0.1, -0.05) is 6.92 Å². The number of carboxylic acids is 1. The molecule has 0 amide bonds.